The molecule has 0 radical (unpaired) electrons. The normalized spacial score (nSPS) is 30.9. The van der Waals surface area contributed by atoms with Gasteiger partial charge in [0.25, 0.3) is 0 Å². The summed E-state index contributed by atoms with van der Waals surface area (Å²) < 4.78 is 0. The number of hydrogen-bond donors (Lipinski definition) is 0. The average molecular weight is 355 g/mol. The van der Waals surface area contributed by atoms with Crippen molar-refractivity contribution in [3.8, 4) is 0 Å². The summed E-state index contributed by atoms with van der Waals surface area (Å²) in [5, 5.41) is 0. The number of benzene rings is 2. The van der Waals surface area contributed by atoms with E-state index in [1.165, 1.54) is 4.90 Å². The zero-order valence-electron chi connectivity index (χ0n) is 15.2. The highest BCUT2D eigenvalue weighted by molar-refractivity contribution is 6.10. The largest absolute Gasteiger partial charge is 0.277 e. The molecule has 2 aromatic carbocycles. The van der Waals surface area contributed by atoms with Crippen LogP contribution in [0.5, 0.6) is 0 Å². The van der Waals surface area contributed by atoms with E-state index in [1.807, 2.05) is 61.5 Å². The first-order chi connectivity index (χ1) is 13.1. The number of carbonyl (C=O) groups is 2. The van der Waals surface area contributed by atoms with Crippen LogP contribution in [0.1, 0.15) is 22.6 Å². The van der Waals surface area contributed by atoms with Crippen molar-refractivity contribution in [1.29, 1.82) is 0 Å². The number of aryl methyl sites for hydroxylation is 1. The lowest BCUT2D eigenvalue weighted by Crippen LogP contribution is -2.42. The van der Waals surface area contributed by atoms with Gasteiger partial charge in [0.2, 0.25) is 11.8 Å². The van der Waals surface area contributed by atoms with Gasteiger partial charge in [0.15, 0.2) is 0 Å². The van der Waals surface area contributed by atoms with Crippen molar-refractivity contribution in [3.63, 3.8) is 0 Å². The number of imide groups is 1. The number of nitrogens with zero attached hydrogens (tertiary/aromatic N) is 1. The molecular weight excluding hydrogens is 334 g/mol. The second kappa shape index (κ2) is 5.78. The Balaban J connectivity index is 1.57. The fourth-order valence-electron chi connectivity index (χ4n) is 4.99. The van der Waals surface area contributed by atoms with Crippen LogP contribution in [-0.2, 0) is 16.1 Å². The number of allylic oxidation sites excluding steroid dienone is 2. The Kier molecular flexibility index (Phi) is 3.48. The third-order valence-electron chi connectivity index (χ3n) is 6.23. The minimum Gasteiger partial charge on any atom is -0.277 e. The molecule has 2 bridgehead atoms. The summed E-state index contributed by atoms with van der Waals surface area (Å²) in [5.74, 6) is -0.313. The van der Waals surface area contributed by atoms with Crippen LogP contribution in [0.2, 0.25) is 0 Å². The molecule has 6 rings (SSSR count). The van der Waals surface area contributed by atoms with E-state index in [2.05, 4.69) is 24.3 Å². The predicted molar refractivity (Wildman–Crippen MR) is 104 cm³/mol. The van der Waals surface area contributed by atoms with Crippen molar-refractivity contribution in [2.24, 2.45) is 17.3 Å². The van der Waals surface area contributed by atoms with Crippen LogP contribution in [0.15, 0.2) is 78.9 Å². The van der Waals surface area contributed by atoms with Gasteiger partial charge >= 0.3 is 0 Å². The topological polar surface area (TPSA) is 37.4 Å². The van der Waals surface area contributed by atoms with E-state index in [1.54, 1.807) is 0 Å². The van der Waals surface area contributed by atoms with Gasteiger partial charge in [0.05, 0.1) is 17.9 Å². The molecule has 27 heavy (non-hydrogen) atoms. The number of hydrogen-bond acceptors (Lipinski definition) is 2. The summed E-state index contributed by atoms with van der Waals surface area (Å²) in [5.41, 5.74) is 2.43. The minimum absolute atomic E-state index is 0.0140. The van der Waals surface area contributed by atoms with Gasteiger partial charge in [-0.25, -0.2) is 0 Å². The minimum atomic E-state index is -0.823. The van der Waals surface area contributed by atoms with Gasteiger partial charge in [-0.15, -0.1) is 0 Å². The molecule has 3 aliphatic carbocycles. The van der Waals surface area contributed by atoms with Gasteiger partial charge < -0.3 is 0 Å². The summed E-state index contributed by atoms with van der Waals surface area (Å²) in [4.78, 5) is 28.3. The molecule has 3 heteroatoms. The average Bonchev–Trinajstić information content (AvgIpc) is 2.91. The summed E-state index contributed by atoms with van der Waals surface area (Å²) in [6, 6.07) is 18.1. The van der Waals surface area contributed by atoms with E-state index in [0.29, 0.717) is 6.54 Å². The Hall–Kier alpha value is -2.94. The molecule has 2 aromatic rings. The highest BCUT2D eigenvalue weighted by Gasteiger charge is 2.63. The second-order valence-electron chi connectivity index (χ2n) is 7.86. The number of likely N-dealkylation sites (tertiary alicyclic amines) is 1. The van der Waals surface area contributed by atoms with Crippen LogP contribution < -0.4 is 0 Å². The molecule has 1 spiro atoms. The molecule has 134 valence electrons. The molecule has 2 amide bonds. The van der Waals surface area contributed by atoms with Gasteiger partial charge in [-0.05, 0) is 18.1 Å². The summed E-state index contributed by atoms with van der Waals surface area (Å²) in [6.07, 6.45) is 8.15. The molecular formula is C24H21NO2. The van der Waals surface area contributed by atoms with E-state index >= 15 is 0 Å². The first-order valence-electron chi connectivity index (χ1n) is 9.45. The van der Waals surface area contributed by atoms with Crippen LogP contribution in [0.3, 0.4) is 0 Å². The van der Waals surface area contributed by atoms with Gasteiger partial charge in [-0.2, -0.15) is 0 Å². The first kappa shape index (κ1) is 16.2. The van der Waals surface area contributed by atoms with Crippen LogP contribution in [0, 0.1) is 24.2 Å². The van der Waals surface area contributed by atoms with Crippen LogP contribution in [0.25, 0.3) is 0 Å². The molecule has 2 atom stereocenters. The second-order valence-corrected chi connectivity index (χ2v) is 7.86. The van der Waals surface area contributed by atoms with E-state index in [4.69, 9.17) is 0 Å². The molecule has 1 heterocycles. The van der Waals surface area contributed by atoms with Crippen molar-refractivity contribution >= 4 is 11.8 Å². The number of rotatable bonds is 3. The summed E-state index contributed by atoms with van der Waals surface area (Å²) in [7, 11) is 0. The lowest BCUT2D eigenvalue weighted by molar-refractivity contribution is -0.141. The fraction of sp³-hybridized carbons (Fsp3) is 0.250. The van der Waals surface area contributed by atoms with Crippen LogP contribution >= 0.6 is 0 Å². The van der Waals surface area contributed by atoms with Gasteiger partial charge in [-0.1, -0.05) is 84.5 Å². The van der Waals surface area contributed by atoms with Gasteiger partial charge in [0.1, 0.15) is 0 Å². The maximum Gasteiger partial charge on any atom is 0.244 e. The Morgan fingerprint density at radius 3 is 2.41 bits per heavy atom. The monoisotopic (exact) mass is 355 g/mol. The standard InChI is InChI=1S/C24H21NO2/c1-16-6-5-7-17(14-16)15-25-22(26)21-20(18-8-3-2-4-9-18)19-10-12-24(21,13-11-19)23(25)27/h2-14,19-21H,15H2,1H3/t19?,20-,21-,24?/m0/s1. The van der Waals surface area contributed by atoms with Gasteiger partial charge in [0, 0.05) is 11.8 Å². The van der Waals surface area contributed by atoms with Crippen molar-refractivity contribution in [2.45, 2.75) is 19.4 Å². The van der Waals surface area contributed by atoms with E-state index in [-0.39, 0.29) is 29.6 Å². The van der Waals surface area contributed by atoms with Crippen molar-refractivity contribution in [3.05, 3.63) is 95.6 Å². The molecule has 0 aromatic heterocycles. The van der Waals surface area contributed by atoms with E-state index in [9.17, 15) is 9.59 Å². The van der Waals surface area contributed by atoms with Crippen LogP contribution in [-0.4, -0.2) is 16.7 Å². The molecule has 3 nitrogen and oxygen atoms in total. The van der Waals surface area contributed by atoms with Crippen molar-refractivity contribution in [1.82, 2.24) is 4.90 Å². The Morgan fingerprint density at radius 2 is 1.70 bits per heavy atom. The van der Waals surface area contributed by atoms with Crippen molar-refractivity contribution < 1.29 is 9.59 Å². The highest BCUT2D eigenvalue weighted by Crippen LogP contribution is 2.57. The quantitative estimate of drug-likeness (QED) is 0.616. The lowest BCUT2D eigenvalue weighted by Gasteiger charge is -2.42. The first-order valence-corrected chi connectivity index (χ1v) is 9.45. The molecule has 1 fully saturated rings. The summed E-state index contributed by atoms with van der Waals surface area (Å²) in [6.45, 7) is 2.36. The maximum atomic E-state index is 13.4. The Labute approximate surface area is 159 Å². The molecule has 0 N–H and O–H groups in total. The maximum absolute atomic E-state index is 13.4. The number of carbonyl (C=O) groups excluding carboxylic acids is 2. The predicted octanol–water partition coefficient (Wildman–Crippen LogP) is 4.01. The zero-order chi connectivity index (χ0) is 18.6. The molecule has 1 saturated heterocycles. The van der Waals surface area contributed by atoms with E-state index in [0.717, 1.165) is 16.7 Å². The summed E-state index contributed by atoms with van der Waals surface area (Å²) >= 11 is 0. The molecule has 0 unspecified atom stereocenters. The third kappa shape index (κ3) is 2.27. The zero-order valence-corrected chi connectivity index (χ0v) is 15.2. The molecule has 0 saturated carbocycles. The molecule has 1 aliphatic heterocycles. The van der Waals surface area contributed by atoms with Crippen LogP contribution in [0.4, 0.5) is 0 Å². The Morgan fingerprint density at radius 1 is 0.963 bits per heavy atom. The fourth-order valence-corrected chi connectivity index (χ4v) is 4.99. The third-order valence-corrected chi connectivity index (χ3v) is 6.23. The highest BCUT2D eigenvalue weighted by atomic mass is 16.2. The smallest absolute Gasteiger partial charge is 0.244 e. The SMILES string of the molecule is Cc1cccc(CN2C(=O)[C@@H]3[C@@H](c4ccccc4)C4C=CC3(C=C4)C2=O)c1. The molecule has 4 aliphatic rings. The lowest BCUT2D eigenvalue weighted by atomic mass is 9.57. The van der Waals surface area contributed by atoms with Crippen molar-refractivity contribution in [2.75, 3.05) is 0 Å². The number of amides is 2. The Bertz CT molecular complexity index is 974. The van der Waals surface area contributed by atoms with E-state index < -0.39 is 5.41 Å². The van der Waals surface area contributed by atoms with Gasteiger partial charge in [-0.3, -0.25) is 14.5 Å².